The highest BCUT2D eigenvalue weighted by Crippen LogP contribution is 2.39. The maximum Gasteiger partial charge on any atom is 0.271 e. The van der Waals surface area contributed by atoms with Gasteiger partial charge in [0.15, 0.2) is 0 Å². The predicted octanol–water partition coefficient (Wildman–Crippen LogP) is 4.72. The molecule has 3 rings (SSSR count). The lowest BCUT2D eigenvalue weighted by atomic mass is 10.00. The minimum absolute atomic E-state index is 0.0648. The number of benzene rings is 1. The molecule has 0 atom stereocenters. The van der Waals surface area contributed by atoms with Crippen molar-refractivity contribution in [3.05, 3.63) is 60.7 Å². The second-order valence-corrected chi connectivity index (χ2v) is 8.08. The number of hydrogen-bond donors (Lipinski definition) is 1. The van der Waals surface area contributed by atoms with E-state index in [0.29, 0.717) is 5.02 Å². The molecule has 0 aliphatic rings. The van der Waals surface area contributed by atoms with Crippen molar-refractivity contribution < 1.29 is 9.90 Å². The molecule has 138 valence electrons. The van der Waals surface area contributed by atoms with Crippen molar-refractivity contribution >= 4 is 38.8 Å². The molecular formula is C20H17ClN2O3S. The van der Waals surface area contributed by atoms with Crippen LogP contribution >= 0.6 is 22.9 Å². The van der Waals surface area contributed by atoms with Crippen LogP contribution in [0.15, 0.2) is 23.0 Å². The Bertz CT molecular complexity index is 1200. The predicted molar refractivity (Wildman–Crippen MR) is 107 cm³/mol. The highest BCUT2D eigenvalue weighted by molar-refractivity contribution is 7.21. The van der Waals surface area contributed by atoms with Crippen LogP contribution in [0.25, 0.3) is 10.1 Å². The van der Waals surface area contributed by atoms with Crippen molar-refractivity contribution in [3.63, 3.8) is 0 Å². The Morgan fingerprint density at radius 2 is 2.00 bits per heavy atom. The molecule has 3 aromatic rings. The van der Waals surface area contributed by atoms with Crippen molar-refractivity contribution in [1.82, 2.24) is 4.57 Å². The number of ketones is 1. The van der Waals surface area contributed by atoms with Crippen LogP contribution in [0.2, 0.25) is 5.02 Å². The largest absolute Gasteiger partial charge is 0.494 e. The number of aromatic nitrogens is 1. The Hall–Kier alpha value is -2.62. The van der Waals surface area contributed by atoms with E-state index in [1.54, 1.807) is 13.8 Å². The highest BCUT2D eigenvalue weighted by Gasteiger charge is 2.28. The third-order valence-electron chi connectivity index (χ3n) is 4.48. The molecule has 0 radical (unpaired) electrons. The van der Waals surface area contributed by atoms with Gasteiger partial charge in [-0.05, 0) is 44.9 Å². The number of fused-ring (bicyclic) bond motifs is 1. The molecule has 0 saturated carbocycles. The van der Waals surface area contributed by atoms with Gasteiger partial charge in [-0.1, -0.05) is 23.7 Å². The molecule has 1 aromatic carbocycles. The van der Waals surface area contributed by atoms with E-state index in [1.165, 1.54) is 18.3 Å². The van der Waals surface area contributed by atoms with Crippen LogP contribution in [0.4, 0.5) is 0 Å². The summed E-state index contributed by atoms with van der Waals surface area (Å²) in [6.45, 7) is 6.83. The Morgan fingerprint density at radius 1 is 1.33 bits per heavy atom. The van der Waals surface area contributed by atoms with Crippen LogP contribution in [0.1, 0.15) is 51.8 Å². The van der Waals surface area contributed by atoms with Gasteiger partial charge >= 0.3 is 0 Å². The van der Waals surface area contributed by atoms with E-state index in [0.717, 1.165) is 20.2 Å². The van der Waals surface area contributed by atoms with Crippen molar-refractivity contribution in [3.8, 4) is 11.9 Å². The fourth-order valence-electron chi connectivity index (χ4n) is 3.10. The number of thiophene rings is 1. The van der Waals surface area contributed by atoms with Crippen molar-refractivity contribution in [2.45, 2.75) is 33.7 Å². The summed E-state index contributed by atoms with van der Waals surface area (Å²) in [6, 6.07) is 7.13. The summed E-state index contributed by atoms with van der Waals surface area (Å²) in [7, 11) is 0. The first-order valence-electron chi connectivity index (χ1n) is 8.30. The third-order valence-corrected chi connectivity index (χ3v) is 6.14. The summed E-state index contributed by atoms with van der Waals surface area (Å²) in [5.74, 6) is -0.944. The standard InChI is InChI=1S/C20H17ClN2O3S/c1-9(2)23-19(25)13(8-22)11(4)15(20(23)26)17(24)18-16(21)12-6-5-10(3)7-14(12)27-18/h5-7,9,26H,1-4H3. The van der Waals surface area contributed by atoms with Gasteiger partial charge < -0.3 is 5.11 Å². The first kappa shape index (κ1) is 19.2. The van der Waals surface area contributed by atoms with Gasteiger partial charge in [0.1, 0.15) is 11.6 Å². The van der Waals surface area contributed by atoms with Crippen LogP contribution in [0.5, 0.6) is 5.88 Å². The molecule has 0 saturated heterocycles. The zero-order valence-corrected chi connectivity index (χ0v) is 16.8. The lowest BCUT2D eigenvalue weighted by Crippen LogP contribution is -2.28. The first-order chi connectivity index (χ1) is 12.7. The van der Waals surface area contributed by atoms with E-state index in [-0.39, 0.29) is 21.6 Å². The average molecular weight is 401 g/mol. The number of carbonyl (C=O) groups excluding carboxylic acids is 1. The lowest BCUT2D eigenvalue weighted by molar-refractivity contribution is 0.103. The molecular weight excluding hydrogens is 384 g/mol. The fraction of sp³-hybridized carbons (Fsp3) is 0.250. The Kier molecular flexibility index (Phi) is 4.85. The molecule has 7 heteroatoms. The zero-order chi connectivity index (χ0) is 20.0. The quantitative estimate of drug-likeness (QED) is 0.644. The minimum atomic E-state index is -0.614. The first-order valence-corrected chi connectivity index (χ1v) is 9.50. The monoisotopic (exact) mass is 400 g/mol. The number of nitriles is 1. The van der Waals surface area contributed by atoms with Crippen LogP contribution in [0.3, 0.4) is 0 Å². The lowest BCUT2D eigenvalue weighted by Gasteiger charge is -2.17. The molecule has 1 N–H and O–H groups in total. The summed E-state index contributed by atoms with van der Waals surface area (Å²) in [6.07, 6.45) is 0. The van der Waals surface area contributed by atoms with Gasteiger partial charge in [-0.15, -0.1) is 11.3 Å². The van der Waals surface area contributed by atoms with Gasteiger partial charge in [0.05, 0.1) is 15.5 Å². The molecule has 0 fully saturated rings. The number of nitrogens with zero attached hydrogens (tertiary/aromatic N) is 2. The summed E-state index contributed by atoms with van der Waals surface area (Å²) >= 11 is 7.67. The Morgan fingerprint density at radius 3 is 2.59 bits per heavy atom. The van der Waals surface area contributed by atoms with E-state index in [4.69, 9.17) is 11.6 Å². The van der Waals surface area contributed by atoms with Crippen LogP contribution < -0.4 is 5.56 Å². The molecule has 0 amide bonds. The van der Waals surface area contributed by atoms with E-state index in [1.807, 2.05) is 31.2 Å². The van der Waals surface area contributed by atoms with E-state index < -0.39 is 23.3 Å². The molecule has 0 bridgehead atoms. The van der Waals surface area contributed by atoms with Crippen molar-refractivity contribution in [1.29, 1.82) is 5.26 Å². The van der Waals surface area contributed by atoms with Crippen molar-refractivity contribution in [2.75, 3.05) is 0 Å². The van der Waals surface area contributed by atoms with E-state index >= 15 is 0 Å². The summed E-state index contributed by atoms with van der Waals surface area (Å²) in [4.78, 5) is 26.0. The molecule has 2 aromatic heterocycles. The van der Waals surface area contributed by atoms with Gasteiger partial charge in [-0.2, -0.15) is 5.26 Å². The number of carbonyl (C=O) groups is 1. The molecule has 0 spiro atoms. The number of aryl methyl sites for hydroxylation is 1. The van der Waals surface area contributed by atoms with Crippen LogP contribution in [-0.4, -0.2) is 15.5 Å². The minimum Gasteiger partial charge on any atom is -0.494 e. The van der Waals surface area contributed by atoms with Crippen molar-refractivity contribution in [2.24, 2.45) is 0 Å². The van der Waals surface area contributed by atoms with Gasteiger partial charge in [-0.25, -0.2) is 0 Å². The topological polar surface area (TPSA) is 83.1 Å². The molecule has 5 nitrogen and oxygen atoms in total. The van der Waals surface area contributed by atoms with E-state index in [2.05, 4.69) is 0 Å². The maximum absolute atomic E-state index is 13.3. The number of aromatic hydroxyl groups is 1. The Balaban J connectivity index is 2.33. The van der Waals surface area contributed by atoms with Crippen LogP contribution in [0, 0.1) is 25.2 Å². The Labute approximate surface area is 165 Å². The smallest absolute Gasteiger partial charge is 0.271 e. The van der Waals surface area contributed by atoms with Gasteiger partial charge in [-0.3, -0.25) is 14.2 Å². The second kappa shape index (κ2) is 6.84. The summed E-state index contributed by atoms with van der Waals surface area (Å²) in [5, 5.41) is 21.1. The number of hydrogen-bond acceptors (Lipinski definition) is 5. The normalized spacial score (nSPS) is 11.1. The molecule has 0 aliphatic heterocycles. The van der Waals surface area contributed by atoms with Crippen LogP contribution in [-0.2, 0) is 0 Å². The summed E-state index contributed by atoms with van der Waals surface area (Å²) < 4.78 is 1.92. The number of rotatable bonds is 3. The number of pyridine rings is 1. The molecule has 27 heavy (non-hydrogen) atoms. The average Bonchev–Trinajstić information content (AvgIpc) is 2.90. The number of halogens is 1. The zero-order valence-electron chi connectivity index (χ0n) is 15.3. The maximum atomic E-state index is 13.3. The third kappa shape index (κ3) is 2.93. The SMILES string of the molecule is Cc1ccc2c(Cl)c(C(=O)c3c(C)c(C#N)c(=O)n(C(C)C)c3O)sc2c1. The molecule has 0 aliphatic carbocycles. The summed E-state index contributed by atoms with van der Waals surface area (Å²) in [5.41, 5.74) is 0.366. The van der Waals surface area contributed by atoms with Gasteiger partial charge in [0, 0.05) is 16.1 Å². The van der Waals surface area contributed by atoms with Gasteiger partial charge in [0.2, 0.25) is 11.7 Å². The highest BCUT2D eigenvalue weighted by atomic mass is 35.5. The fourth-order valence-corrected chi connectivity index (χ4v) is 4.67. The second-order valence-electron chi connectivity index (χ2n) is 6.65. The molecule has 2 heterocycles. The van der Waals surface area contributed by atoms with Gasteiger partial charge in [0.25, 0.3) is 5.56 Å². The molecule has 0 unspecified atom stereocenters. The van der Waals surface area contributed by atoms with E-state index in [9.17, 15) is 20.0 Å².